The summed E-state index contributed by atoms with van der Waals surface area (Å²) < 4.78 is 37.6. The van der Waals surface area contributed by atoms with Gasteiger partial charge in [-0.3, -0.25) is 9.78 Å². The molecule has 0 bridgehead atoms. The van der Waals surface area contributed by atoms with Gasteiger partial charge in [-0.15, -0.1) is 0 Å². The number of hydrogen-bond donors (Lipinski definition) is 0. The van der Waals surface area contributed by atoms with Crippen LogP contribution in [0.25, 0.3) is 0 Å². The summed E-state index contributed by atoms with van der Waals surface area (Å²) in [4.78, 5) is 18.3. The number of carbonyl (C=O) groups is 1. The van der Waals surface area contributed by atoms with E-state index in [2.05, 4.69) is 4.98 Å². The molecule has 7 heteroatoms. The number of nitrogens with zero attached hydrogens (tertiary/aromatic N) is 2. The molecule has 1 aliphatic carbocycles. The van der Waals surface area contributed by atoms with Crippen LogP contribution in [-0.2, 0) is 9.84 Å². The van der Waals surface area contributed by atoms with E-state index in [1.165, 1.54) is 12.3 Å². The lowest BCUT2D eigenvalue weighted by Gasteiger charge is -2.38. The lowest BCUT2D eigenvalue weighted by Crippen LogP contribution is -2.48. The van der Waals surface area contributed by atoms with Crippen LogP contribution in [0.1, 0.15) is 48.9 Å². The maximum Gasteiger partial charge on any atom is 0.257 e. The fraction of sp³-hybridized carbons (Fsp3) is 0.625. The van der Waals surface area contributed by atoms with Crippen LogP contribution >= 0.6 is 0 Å². The molecule has 1 saturated heterocycles. The van der Waals surface area contributed by atoms with Gasteiger partial charge in [0.15, 0.2) is 15.7 Å². The molecule has 0 radical (unpaired) electrons. The van der Waals surface area contributed by atoms with Crippen LogP contribution in [0.4, 0.5) is 4.39 Å². The molecule has 1 aliphatic heterocycles. The van der Waals surface area contributed by atoms with Crippen molar-refractivity contribution in [1.82, 2.24) is 9.88 Å². The van der Waals surface area contributed by atoms with Crippen molar-refractivity contribution < 1.29 is 17.6 Å². The van der Waals surface area contributed by atoms with E-state index < -0.39 is 21.6 Å². The van der Waals surface area contributed by atoms with Gasteiger partial charge in [0, 0.05) is 18.3 Å². The first-order valence-electron chi connectivity index (χ1n) is 8.10. The van der Waals surface area contributed by atoms with Gasteiger partial charge in [0.2, 0.25) is 0 Å². The lowest BCUT2D eigenvalue weighted by atomic mass is 9.92. The minimum atomic E-state index is -3.10. The minimum Gasteiger partial charge on any atom is -0.332 e. The average molecular weight is 340 g/mol. The lowest BCUT2D eigenvalue weighted by molar-refractivity contribution is 0.0537. The summed E-state index contributed by atoms with van der Waals surface area (Å²) in [5.74, 6) is -0.965. The number of halogens is 1. The van der Waals surface area contributed by atoms with Gasteiger partial charge in [0.25, 0.3) is 5.91 Å². The van der Waals surface area contributed by atoms with Crippen molar-refractivity contribution in [3.05, 3.63) is 29.8 Å². The number of amides is 1. The molecule has 3 rings (SSSR count). The maximum absolute atomic E-state index is 14.0. The maximum atomic E-state index is 14.0. The first-order chi connectivity index (χ1) is 11.0. The molecule has 0 N–H and O–H groups in total. The number of hydrogen-bond acceptors (Lipinski definition) is 4. The second-order valence-corrected chi connectivity index (χ2v) is 8.65. The Kier molecular flexibility index (Phi) is 4.66. The molecule has 1 saturated carbocycles. The first kappa shape index (κ1) is 16.4. The van der Waals surface area contributed by atoms with Gasteiger partial charge in [-0.1, -0.05) is 19.3 Å². The monoisotopic (exact) mass is 340 g/mol. The summed E-state index contributed by atoms with van der Waals surface area (Å²) >= 11 is 0. The van der Waals surface area contributed by atoms with Crippen LogP contribution in [-0.4, -0.2) is 47.8 Å². The zero-order chi connectivity index (χ0) is 16.4. The number of carbonyl (C=O) groups excluding carboxylic acids is 1. The van der Waals surface area contributed by atoms with Crippen LogP contribution in [0.3, 0.4) is 0 Å². The fourth-order valence-electron chi connectivity index (χ4n) is 3.67. The van der Waals surface area contributed by atoms with Gasteiger partial charge in [0.1, 0.15) is 0 Å². The van der Waals surface area contributed by atoms with Crippen molar-refractivity contribution >= 4 is 15.7 Å². The molecule has 0 spiro atoms. The van der Waals surface area contributed by atoms with Crippen molar-refractivity contribution in [2.24, 2.45) is 0 Å². The number of aromatic nitrogens is 1. The highest BCUT2D eigenvalue weighted by molar-refractivity contribution is 7.91. The Morgan fingerprint density at radius 3 is 2.52 bits per heavy atom. The highest BCUT2D eigenvalue weighted by Gasteiger charge is 2.39. The Bertz CT molecular complexity index is 686. The van der Waals surface area contributed by atoms with Crippen LogP contribution in [0, 0.1) is 5.82 Å². The Balaban J connectivity index is 1.91. The number of rotatable bonds is 3. The van der Waals surface area contributed by atoms with E-state index in [9.17, 15) is 17.6 Å². The van der Waals surface area contributed by atoms with Gasteiger partial charge in [-0.25, -0.2) is 12.8 Å². The molecule has 23 heavy (non-hydrogen) atoms. The van der Waals surface area contributed by atoms with Gasteiger partial charge < -0.3 is 4.90 Å². The molecule has 2 aliphatic rings. The summed E-state index contributed by atoms with van der Waals surface area (Å²) in [5, 5.41) is 0. The molecule has 126 valence electrons. The smallest absolute Gasteiger partial charge is 0.257 e. The molecule has 1 amide bonds. The summed E-state index contributed by atoms with van der Waals surface area (Å²) in [6.07, 6.45) is 7.74. The van der Waals surface area contributed by atoms with E-state index in [1.54, 1.807) is 4.90 Å². The summed E-state index contributed by atoms with van der Waals surface area (Å²) in [6, 6.07) is 1.03. The molecule has 1 atom stereocenters. The van der Waals surface area contributed by atoms with Crippen LogP contribution in [0.5, 0.6) is 0 Å². The molecule has 1 aromatic rings. The largest absolute Gasteiger partial charge is 0.332 e. The number of pyridine rings is 1. The van der Waals surface area contributed by atoms with Gasteiger partial charge >= 0.3 is 0 Å². The quantitative estimate of drug-likeness (QED) is 0.846. The molecule has 2 fully saturated rings. The summed E-state index contributed by atoms with van der Waals surface area (Å²) in [6.45, 7) is 0. The van der Waals surface area contributed by atoms with Crippen LogP contribution in [0.15, 0.2) is 18.5 Å². The van der Waals surface area contributed by atoms with Gasteiger partial charge in [-0.05, 0) is 25.3 Å². The normalized spacial score (nSPS) is 24.5. The van der Waals surface area contributed by atoms with Crippen molar-refractivity contribution in [1.29, 1.82) is 0 Å². The van der Waals surface area contributed by atoms with E-state index in [0.29, 0.717) is 6.42 Å². The van der Waals surface area contributed by atoms with Gasteiger partial charge in [0.05, 0.1) is 23.3 Å². The van der Waals surface area contributed by atoms with Crippen molar-refractivity contribution in [2.75, 3.05) is 11.5 Å². The van der Waals surface area contributed by atoms with Crippen LogP contribution < -0.4 is 0 Å². The molecule has 2 heterocycles. The van der Waals surface area contributed by atoms with Crippen molar-refractivity contribution in [2.45, 2.75) is 50.6 Å². The molecular weight excluding hydrogens is 319 g/mol. The zero-order valence-corrected chi connectivity index (χ0v) is 13.8. The standard InChI is InChI=1S/C16H21FN2O3S/c17-15-10-18-8-6-14(15)16(20)19(12-4-2-1-3-5-12)13-7-9-23(21,22)11-13/h6,8,10,12-13H,1-5,7,9,11H2/t13-/m0/s1. The van der Waals surface area contributed by atoms with Crippen molar-refractivity contribution in [3.8, 4) is 0 Å². The summed E-state index contributed by atoms with van der Waals surface area (Å²) in [7, 11) is -3.10. The second kappa shape index (κ2) is 6.55. The van der Waals surface area contributed by atoms with Crippen molar-refractivity contribution in [3.63, 3.8) is 0 Å². The highest BCUT2D eigenvalue weighted by atomic mass is 32.2. The molecule has 0 unspecified atom stereocenters. The van der Waals surface area contributed by atoms with E-state index in [1.807, 2.05) is 0 Å². The van der Waals surface area contributed by atoms with E-state index >= 15 is 0 Å². The predicted octanol–water partition coefficient (Wildman–Crippen LogP) is 2.18. The summed E-state index contributed by atoms with van der Waals surface area (Å²) in [5.41, 5.74) is -0.0186. The second-order valence-electron chi connectivity index (χ2n) is 6.42. The zero-order valence-electron chi connectivity index (χ0n) is 12.9. The Labute approximate surface area is 135 Å². The SMILES string of the molecule is O=C(c1ccncc1F)N(C1CCCCC1)[C@H]1CCS(=O)(=O)C1. The average Bonchev–Trinajstić information content (AvgIpc) is 2.88. The third-order valence-corrected chi connectivity index (χ3v) is 6.56. The predicted molar refractivity (Wildman–Crippen MR) is 84.3 cm³/mol. The third kappa shape index (κ3) is 3.54. The molecule has 5 nitrogen and oxygen atoms in total. The fourth-order valence-corrected chi connectivity index (χ4v) is 5.38. The Morgan fingerprint density at radius 2 is 1.91 bits per heavy atom. The third-order valence-electron chi connectivity index (χ3n) is 4.81. The Hall–Kier alpha value is -1.50. The Morgan fingerprint density at radius 1 is 1.17 bits per heavy atom. The topological polar surface area (TPSA) is 67.3 Å². The molecule has 1 aromatic heterocycles. The van der Waals surface area contributed by atoms with Crippen LogP contribution in [0.2, 0.25) is 0 Å². The van der Waals surface area contributed by atoms with E-state index in [-0.39, 0.29) is 29.2 Å². The minimum absolute atomic E-state index is 0.00196. The highest BCUT2D eigenvalue weighted by Crippen LogP contribution is 2.30. The molecule has 0 aromatic carbocycles. The van der Waals surface area contributed by atoms with E-state index in [0.717, 1.165) is 38.3 Å². The molecular formula is C16H21FN2O3S. The first-order valence-corrected chi connectivity index (χ1v) is 9.93. The van der Waals surface area contributed by atoms with Gasteiger partial charge in [-0.2, -0.15) is 0 Å². The number of sulfone groups is 1. The van der Waals surface area contributed by atoms with E-state index in [4.69, 9.17) is 0 Å².